The molecule has 14 heteroatoms. The van der Waals surface area contributed by atoms with Crippen molar-refractivity contribution in [1.29, 1.82) is 0 Å². The van der Waals surface area contributed by atoms with Crippen molar-refractivity contribution in [3.05, 3.63) is 35.4 Å². The van der Waals surface area contributed by atoms with Gasteiger partial charge in [-0.2, -0.15) is 0 Å². The number of fused-ring (bicyclic) bond motifs is 2. The third-order valence-corrected chi connectivity index (χ3v) is 10.5. The van der Waals surface area contributed by atoms with Crippen LogP contribution in [0.1, 0.15) is 47.4 Å². The van der Waals surface area contributed by atoms with E-state index in [9.17, 15) is 49.8 Å². The molecule has 4 bridgehead atoms. The van der Waals surface area contributed by atoms with Crippen molar-refractivity contribution in [3.63, 3.8) is 0 Å². The van der Waals surface area contributed by atoms with Crippen LogP contribution >= 0.6 is 0 Å². The molecule has 0 aromatic heterocycles. The van der Waals surface area contributed by atoms with E-state index in [1.54, 1.807) is 13.8 Å². The monoisotopic (exact) mass is 610 g/mol. The second kappa shape index (κ2) is 7.88. The van der Waals surface area contributed by atoms with Crippen LogP contribution in [0.5, 0.6) is 23.0 Å². The van der Waals surface area contributed by atoms with Crippen molar-refractivity contribution in [3.8, 4) is 34.1 Å². The first-order chi connectivity index (χ1) is 20.7. The van der Waals surface area contributed by atoms with Gasteiger partial charge in [0.05, 0.1) is 0 Å². The van der Waals surface area contributed by atoms with Gasteiger partial charge < -0.3 is 49.6 Å². The molecular weight excluding hydrogens is 584 g/mol. The lowest BCUT2D eigenvalue weighted by Gasteiger charge is -2.50. The first kappa shape index (κ1) is 27.3. The number of phenolic OH excluding ortho intramolecular Hbond substituents is 2. The Bertz CT molecular complexity index is 1640. The molecule has 10 atom stereocenters. The van der Waals surface area contributed by atoms with Crippen LogP contribution in [-0.2, 0) is 19.1 Å². The summed E-state index contributed by atoms with van der Waals surface area (Å²) in [6.45, 7) is 3.21. The molecular formula is C30H26O14. The molecule has 8 rings (SSSR count). The van der Waals surface area contributed by atoms with Gasteiger partial charge in [0.15, 0.2) is 0 Å². The van der Waals surface area contributed by atoms with Gasteiger partial charge in [-0.05, 0) is 48.9 Å². The molecule has 230 valence electrons. The number of carbonyl (C=O) groups excluding carboxylic acids is 4. The number of Topliss-reactive ketones (excluding diaryl/α,β-unsaturated/α-hetero) is 2. The maximum atomic E-state index is 13.9. The van der Waals surface area contributed by atoms with E-state index < -0.39 is 105 Å². The lowest BCUT2D eigenvalue weighted by molar-refractivity contribution is -0.192. The molecule has 0 spiro atoms. The predicted molar refractivity (Wildman–Crippen MR) is 140 cm³/mol. The number of carbonyl (C=O) groups is 4. The fraction of sp³-hybridized carbons (Fsp3) is 0.467. The number of ketones is 2. The molecule has 4 heterocycles. The molecule has 2 saturated heterocycles. The Kier molecular flexibility index (Phi) is 4.89. The SMILES string of the molecule is C[C@@H]1C[C@@H]2OC(=O)[C@]3(Oc4ccc(-c5ccc6c(c5O)C(=O)[C@]5(O)[C@@H]7C[C@@H](C)[C@@H](O)[C@@]5(O6)C(=O)O7)c(O)c4C(=O)[C@]23O)[C@@H]1O. The lowest BCUT2D eigenvalue weighted by atomic mass is 9.62. The van der Waals surface area contributed by atoms with Crippen molar-refractivity contribution in [2.24, 2.45) is 11.8 Å². The minimum atomic E-state index is -2.68. The van der Waals surface area contributed by atoms with Crippen molar-refractivity contribution in [2.75, 3.05) is 0 Å². The molecule has 14 nitrogen and oxygen atoms in total. The summed E-state index contributed by atoms with van der Waals surface area (Å²) in [7, 11) is 0. The van der Waals surface area contributed by atoms with Gasteiger partial charge in [0.2, 0.25) is 22.8 Å². The number of phenols is 2. The molecule has 0 amide bonds. The largest absolute Gasteiger partial charge is 0.506 e. The van der Waals surface area contributed by atoms with Gasteiger partial charge in [0, 0.05) is 11.1 Å². The number of aliphatic hydroxyl groups excluding tert-OH is 2. The van der Waals surface area contributed by atoms with Gasteiger partial charge in [0.25, 0.3) is 11.2 Å². The van der Waals surface area contributed by atoms with Crippen LogP contribution in [-0.4, -0.2) is 101 Å². The van der Waals surface area contributed by atoms with Crippen molar-refractivity contribution >= 4 is 23.5 Å². The zero-order valence-electron chi connectivity index (χ0n) is 23.1. The molecule has 2 aromatic rings. The summed E-state index contributed by atoms with van der Waals surface area (Å²) >= 11 is 0. The van der Waals surface area contributed by atoms with E-state index in [0.717, 1.165) is 0 Å². The second-order valence-electron chi connectivity index (χ2n) is 12.6. The molecule has 2 saturated carbocycles. The van der Waals surface area contributed by atoms with Crippen LogP contribution in [0.3, 0.4) is 0 Å². The highest BCUT2D eigenvalue weighted by Gasteiger charge is 2.83. The highest BCUT2D eigenvalue weighted by molar-refractivity contribution is 6.17. The smallest absolute Gasteiger partial charge is 0.357 e. The van der Waals surface area contributed by atoms with Crippen LogP contribution in [0.25, 0.3) is 11.1 Å². The van der Waals surface area contributed by atoms with E-state index in [2.05, 4.69) is 0 Å². The van der Waals surface area contributed by atoms with Crippen LogP contribution < -0.4 is 9.47 Å². The number of hydrogen-bond acceptors (Lipinski definition) is 14. The van der Waals surface area contributed by atoms with Crippen LogP contribution in [0.15, 0.2) is 24.3 Å². The quantitative estimate of drug-likeness (QED) is 0.224. The average Bonchev–Trinajstić information content (AvgIpc) is 3.24. The molecule has 2 aliphatic carbocycles. The van der Waals surface area contributed by atoms with Gasteiger partial charge in [-0.25, -0.2) is 9.59 Å². The Morgan fingerprint density at radius 3 is 1.39 bits per heavy atom. The number of esters is 2. The molecule has 4 fully saturated rings. The second-order valence-corrected chi connectivity index (χ2v) is 12.6. The van der Waals surface area contributed by atoms with Gasteiger partial charge in [-0.1, -0.05) is 13.8 Å². The molecule has 0 radical (unpaired) electrons. The fourth-order valence-corrected chi connectivity index (χ4v) is 8.16. The average molecular weight is 611 g/mol. The predicted octanol–water partition coefficient (Wildman–Crippen LogP) is -0.493. The zero-order chi connectivity index (χ0) is 31.5. The summed E-state index contributed by atoms with van der Waals surface area (Å²) in [5.41, 5.74) is -11.8. The number of benzene rings is 2. The zero-order valence-corrected chi connectivity index (χ0v) is 23.1. The van der Waals surface area contributed by atoms with Crippen LogP contribution in [0.2, 0.25) is 0 Å². The molecule has 6 aliphatic rings. The maximum Gasteiger partial charge on any atom is 0.357 e. The van der Waals surface area contributed by atoms with Crippen LogP contribution in [0, 0.1) is 11.8 Å². The van der Waals surface area contributed by atoms with E-state index in [4.69, 9.17) is 18.9 Å². The Hall–Kier alpha value is -4.24. The van der Waals surface area contributed by atoms with Gasteiger partial charge in [-0.15, -0.1) is 0 Å². The molecule has 0 unspecified atom stereocenters. The minimum Gasteiger partial charge on any atom is -0.506 e. The van der Waals surface area contributed by atoms with E-state index >= 15 is 0 Å². The Balaban J connectivity index is 1.27. The number of hydrogen-bond donors (Lipinski definition) is 6. The Labute approximate surface area is 247 Å². The van der Waals surface area contributed by atoms with E-state index in [-0.39, 0.29) is 35.5 Å². The summed E-state index contributed by atoms with van der Waals surface area (Å²) in [6, 6.07) is 4.81. The van der Waals surface area contributed by atoms with Crippen molar-refractivity contribution < 1.29 is 68.8 Å². The van der Waals surface area contributed by atoms with E-state index in [0.29, 0.717) is 0 Å². The lowest BCUT2D eigenvalue weighted by Crippen LogP contribution is -2.76. The summed E-state index contributed by atoms with van der Waals surface area (Å²) < 4.78 is 22.2. The summed E-state index contributed by atoms with van der Waals surface area (Å²) in [4.78, 5) is 53.6. The van der Waals surface area contributed by atoms with Crippen molar-refractivity contribution in [2.45, 2.75) is 73.5 Å². The third kappa shape index (κ3) is 2.54. The van der Waals surface area contributed by atoms with E-state index in [1.807, 2.05) is 0 Å². The summed E-state index contributed by atoms with van der Waals surface area (Å²) in [5, 5.41) is 68.0. The number of aromatic hydroxyl groups is 2. The fourth-order valence-electron chi connectivity index (χ4n) is 8.16. The molecule has 2 aromatic carbocycles. The Morgan fingerprint density at radius 2 is 1.02 bits per heavy atom. The summed E-state index contributed by atoms with van der Waals surface area (Å²) in [5.74, 6) is -7.95. The molecule has 6 N–H and O–H groups in total. The number of rotatable bonds is 1. The first-order valence-electron chi connectivity index (χ1n) is 14.1. The highest BCUT2D eigenvalue weighted by atomic mass is 16.6. The summed E-state index contributed by atoms with van der Waals surface area (Å²) in [6.07, 6.45) is -6.09. The van der Waals surface area contributed by atoms with Gasteiger partial charge in [-0.3, -0.25) is 9.59 Å². The molecule has 4 aliphatic heterocycles. The standard InChI is InChI=1S/C30H26O14/c1-9-7-15-27(39)23(35)17-13(43-29(27,21(9)33)25(37)41-15)5-3-11(19(17)31)12-4-6-14-18(20(12)32)24(36)28(40)16-8-10(2)22(34)30(28,44-14)26(38)42-16/h3-6,9-10,15-16,21-22,31-34,39-40H,7-8H2,1-2H3/t9-,10-,15+,16+,21-,22-,27-,28-,29-,30-/m1/s1. The van der Waals surface area contributed by atoms with Crippen molar-refractivity contribution in [1.82, 2.24) is 0 Å². The highest BCUT2D eigenvalue weighted by Crippen LogP contribution is 2.60. The first-order valence-corrected chi connectivity index (χ1v) is 14.1. The number of aliphatic hydroxyl groups is 4. The minimum absolute atomic E-state index is 0.0607. The van der Waals surface area contributed by atoms with Gasteiger partial charge in [0.1, 0.15) is 58.5 Å². The normalized spacial score (nSPS) is 42.7. The maximum absolute atomic E-state index is 13.9. The van der Waals surface area contributed by atoms with Gasteiger partial charge >= 0.3 is 11.9 Å². The van der Waals surface area contributed by atoms with Crippen LogP contribution in [0.4, 0.5) is 0 Å². The Morgan fingerprint density at radius 1 is 0.659 bits per heavy atom. The third-order valence-electron chi connectivity index (χ3n) is 10.5. The molecule has 44 heavy (non-hydrogen) atoms. The topological polar surface area (TPSA) is 227 Å². The number of ether oxygens (including phenoxy) is 4. The van der Waals surface area contributed by atoms with E-state index in [1.165, 1.54) is 24.3 Å².